The van der Waals surface area contributed by atoms with Gasteiger partial charge in [-0.15, -0.1) is 0 Å². The summed E-state index contributed by atoms with van der Waals surface area (Å²) in [5, 5.41) is 7.57. The molecular formula is C13H24N4O. The number of rotatable bonds is 6. The molecule has 18 heavy (non-hydrogen) atoms. The van der Waals surface area contributed by atoms with Gasteiger partial charge in [0, 0.05) is 26.1 Å². The highest BCUT2D eigenvalue weighted by atomic mass is 16.5. The van der Waals surface area contributed by atoms with Crippen LogP contribution in [0, 0.1) is 0 Å². The molecule has 102 valence electrons. The van der Waals surface area contributed by atoms with Gasteiger partial charge in [0.05, 0.1) is 5.60 Å². The number of nitrogens with zero attached hydrogens (tertiary/aromatic N) is 3. The Kier molecular flexibility index (Phi) is 4.35. The maximum Gasteiger partial charge on any atom is 0.138 e. The summed E-state index contributed by atoms with van der Waals surface area (Å²) < 4.78 is 7.96. The van der Waals surface area contributed by atoms with Crippen LogP contribution in [0.5, 0.6) is 0 Å². The van der Waals surface area contributed by atoms with Crippen LogP contribution in [0.3, 0.4) is 0 Å². The van der Waals surface area contributed by atoms with Crippen LogP contribution in [0.2, 0.25) is 0 Å². The lowest BCUT2D eigenvalue weighted by Crippen LogP contribution is -2.51. The van der Waals surface area contributed by atoms with Crippen molar-refractivity contribution < 1.29 is 4.74 Å². The predicted molar refractivity (Wildman–Crippen MR) is 70.4 cm³/mol. The molecule has 1 atom stereocenters. The van der Waals surface area contributed by atoms with Crippen molar-refractivity contribution in [2.75, 3.05) is 13.7 Å². The molecule has 0 spiro atoms. The van der Waals surface area contributed by atoms with E-state index in [0.29, 0.717) is 6.04 Å². The van der Waals surface area contributed by atoms with Gasteiger partial charge < -0.3 is 10.1 Å². The Morgan fingerprint density at radius 1 is 1.50 bits per heavy atom. The second kappa shape index (κ2) is 5.80. The van der Waals surface area contributed by atoms with Gasteiger partial charge >= 0.3 is 0 Å². The fourth-order valence-electron chi connectivity index (χ4n) is 3.09. The summed E-state index contributed by atoms with van der Waals surface area (Å²) >= 11 is 0. The Hall–Kier alpha value is -0.940. The molecule has 1 fully saturated rings. The van der Waals surface area contributed by atoms with Crippen molar-refractivity contribution >= 4 is 0 Å². The first-order chi connectivity index (χ1) is 8.72. The van der Waals surface area contributed by atoms with Crippen LogP contribution in [0.1, 0.15) is 38.4 Å². The average Bonchev–Trinajstić information content (AvgIpc) is 2.97. The number of ether oxygens (including phenoxy) is 1. The van der Waals surface area contributed by atoms with E-state index in [9.17, 15) is 0 Å². The predicted octanol–water partition coefficient (Wildman–Crippen LogP) is 1.29. The molecule has 0 radical (unpaired) electrons. The minimum absolute atomic E-state index is 0.0184. The third-order valence-electron chi connectivity index (χ3n) is 4.06. The summed E-state index contributed by atoms with van der Waals surface area (Å²) in [7, 11) is 3.96. The molecule has 1 aliphatic rings. The maximum atomic E-state index is 6.11. The lowest BCUT2D eigenvalue weighted by Gasteiger charge is -2.37. The first kappa shape index (κ1) is 13.5. The summed E-state index contributed by atoms with van der Waals surface area (Å²) in [6.45, 7) is 2.85. The Morgan fingerprint density at radius 2 is 2.22 bits per heavy atom. The van der Waals surface area contributed by atoms with Gasteiger partial charge in [-0.1, -0.05) is 12.8 Å². The molecular weight excluding hydrogens is 228 g/mol. The van der Waals surface area contributed by atoms with Crippen molar-refractivity contribution in [3.05, 3.63) is 12.2 Å². The van der Waals surface area contributed by atoms with Crippen LogP contribution in [0.15, 0.2) is 6.33 Å². The average molecular weight is 252 g/mol. The highest BCUT2D eigenvalue weighted by Crippen LogP contribution is 2.37. The minimum atomic E-state index is -0.0184. The molecule has 1 unspecified atom stereocenters. The van der Waals surface area contributed by atoms with Crippen LogP contribution in [0.25, 0.3) is 0 Å². The van der Waals surface area contributed by atoms with Crippen molar-refractivity contribution in [3.8, 4) is 0 Å². The standard InChI is InChI=1S/C13H24N4O/c1-4-18-13(7-5-6-8-13)11(14-2)9-12-15-10-16-17(12)3/h10-11,14H,4-9H2,1-3H3. The molecule has 0 aliphatic heterocycles. The van der Waals surface area contributed by atoms with Gasteiger partial charge in [0.2, 0.25) is 0 Å². The van der Waals surface area contributed by atoms with E-state index in [1.165, 1.54) is 12.8 Å². The molecule has 0 aromatic carbocycles. The number of aromatic nitrogens is 3. The van der Waals surface area contributed by atoms with Gasteiger partial charge in [-0.25, -0.2) is 4.98 Å². The highest BCUT2D eigenvalue weighted by Gasteiger charge is 2.41. The zero-order chi connectivity index (χ0) is 13.0. The molecule has 0 saturated heterocycles. The van der Waals surface area contributed by atoms with Crippen molar-refractivity contribution in [1.82, 2.24) is 20.1 Å². The molecule has 0 amide bonds. The highest BCUT2D eigenvalue weighted by molar-refractivity contribution is 5.02. The zero-order valence-corrected chi connectivity index (χ0v) is 11.6. The largest absolute Gasteiger partial charge is 0.374 e. The first-order valence-corrected chi connectivity index (χ1v) is 6.86. The molecule has 0 bridgehead atoms. The summed E-state index contributed by atoms with van der Waals surface area (Å²) in [4.78, 5) is 4.32. The topological polar surface area (TPSA) is 52.0 Å². The van der Waals surface area contributed by atoms with E-state index in [0.717, 1.165) is 31.7 Å². The molecule has 1 saturated carbocycles. The van der Waals surface area contributed by atoms with Crippen LogP contribution in [-0.4, -0.2) is 40.1 Å². The van der Waals surface area contributed by atoms with E-state index in [4.69, 9.17) is 4.74 Å². The maximum absolute atomic E-state index is 6.11. The Balaban J connectivity index is 2.13. The normalized spacial score (nSPS) is 20.2. The quantitative estimate of drug-likeness (QED) is 0.829. The lowest BCUT2D eigenvalue weighted by molar-refractivity contribution is -0.0602. The molecule has 1 aromatic heterocycles. The van der Waals surface area contributed by atoms with E-state index < -0.39 is 0 Å². The Labute approximate surface area is 109 Å². The van der Waals surface area contributed by atoms with Crippen LogP contribution in [-0.2, 0) is 18.2 Å². The second-order valence-electron chi connectivity index (χ2n) is 5.05. The SMILES string of the molecule is CCOC1(C(Cc2ncnn2C)NC)CCCC1. The zero-order valence-electron chi connectivity index (χ0n) is 11.6. The molecule has 5 heteroatoms. The molecule has 1 heterocycles. The van der Waals surface area contributed by atoms with Crippen molar-refractivity contribution in [2.45, 2.75) is 50.7 Å². The summed E-state index contributed by atoms with van der Waals surface area (Å²) in [6.07, 6.45) is 7.29. The monoisotopic (exact) mass is 252 g/mol. The summed E-state index contributed by atoms with van der Waals surface area (Å²) in [5.41, 5.74) is -0.0184. The summed E-state index contributed by atoms with van der Waals surface area (Å²) in [5.74, 6) is 1.01. The second-order valence-corrected chi connectivity index (χ2v) is 5.05. The van der Waals surface area contributed by atoms with Crippen LogP contribution in [0.4, 0.5) is 0 Å². The number of aryl methyl sites for hydroxylation is 1. The van der Waals surface area contributed by atoms with E-state index >= 15 is 0 Å². The summed E-state index contributed by atoms with van der Waals surface area (Å²) in [6, 6.07) is 0.308. The van der Waals surface area contributed by atoms with Crippen LogP contribution >= 0.6 is 0 Å². The van der Waals surface area contributed by atoms with Crippen molar-refractivity contribution in [1.29, 1.82) is 0 Å². The fourth-order valence-corrected chi connectivity index (χ4v) is 3.09. The van der Waals surface area contributed by atoms with Gasteiger partial charge in [0.25, 0.3) is 0 Å². The van der Waals surface area contributed by atoms with E-state index in [2.05, 4.69) is 22.3 Å². The third kappa shape index (κ3) is 2.57. The smallest absolute Gasteiger partial charge is 0.138 e. The van der Waals surface area contributed by atoms with E-state index in [1.807, 2.05) is 18.8 Å². The number of likely N-dealkylation sites (N-methyl/N-ethyl adjacent to an activating group) is 1. The Morgan fingerprint density at radius 3 is 2.72 bits per heavy atom. The van der Waals surface area contributed by atoms with Gasteiger partial charge in [0.15, 0.2) is 0 Å². The van der Waals surface area contributed by atoms with Crippen molar-refractivity contribution in [2.24, 2.45) is 7.05 Å². The molecule has 1 N–H and O–H groups in total. The van der Waals surface area contributed by atoms with Gasteiger partial charge in [-0.2, -0.15) is 5.10 Å². The molecule has 5 nitrogen and oxygen atoms in total. The Bertz CT molecular complexity index is 371. The minimum Gasteiger partial charge on any atom is -0.374 e. The van der Waals surface area contributed by atoms with Gasteiger partial charge in [0.1, 0.15) is 12.2 Å². The van der Waals surface area contributed by atoms with Gasteiger partial charge in [-0.3, -0.25) is 4.68 Å². The van der Waals surface area contributed by atoms with Gasteiger partial charge in [-0.05, 0) is 26.8 Å². The number of hydrogen-bond donors (Lipinski definition) is 1. The number of hydrogen-bond acceptors (Lipinski definition) is 4. The molecule has 1 aliphatic carbocycles. The first-order valence-electron chi connectivity index (χ1n) is 6.86. The number of nitrogens with one attached hydrogen (secondary N) is 1. The lowest BCUT2D eigenvalue weighted by atomic mass is 9.89. The van der Waals surface area contributed by atoms with E-state index in [1.54, 1.807) is 6.33 Å². The van der Waals surface area contributed by atoms with E-state index in [-0.39, 0.29) is 5.60 Å². The van der Waals surface area contributed by atoms with Crippen molar-refractivity contribution in [3.63, 3.8) is 0 Å². The molecule has 2 rings (SSSR count). The molecule has 1 aromatic rings. The third-order valence-corrected chi connectivity index (χ3v) is 4.06. The van der Waals surface area contributed by atoms with Crippen LogP contribution < -0.4 is 5.32 Å². The fraction of sp³-hybridized carbons (Fsp3) is 0.846.